The molecule has 0 aliphatic heterocycles. The molecular formula is C14H32N2O. The van der Waals surface area contributed by atoms with Crippen LogP contribution in [-0.4, -0.2) is 50.8 Å². The van der Waals surface area contributed by atoms with Crippen LogP contribution in [0, 0.1) is 0 Å². The Morgan fingerprint density at radius 2 is 1.71 bits per heavy atom. The Hall–Kier alpha value is -0.120. The molecule has 1 atom stereocenters. The van der Waals surface area contributed by atoms with Gasteiger partial charge in [0.05, 0.1) is 6.61 Å². The zero-order chi connectivity index (χ0) is 13.1. The van der Waals surface area contributed by atoms with Gasteiger partial charge in [-0.2, -0.15) is 0 Å². The first-order chi connectivity index (χ1) is 8.07. The van der Waals surface area contributed by atoms with Crippen molar-refractivity contribution in [2.75, 3.05) is 33.9 Å². The molecule has 0 bridgehead atoms. The van der Waals surface area contributed by atoms with Crippen molar-refractivity contribution in [1.29, 1.82) is 0 Å². The second-order valence-electron chi connectivity index (χ2n) is 5.31. The molecule has 0 aromatic heterocycles. The SMILES string of the molecule is COCC(C)N(C)CCCCCCNC(C)C. The molecule has 1 N–H and O–H groups in total. The third-order valence-corrected chi connectivity index (χ3v) is 3.15. The number of nitrogens with one attached hydrogen (secondary N) is 1. The van der Waals surface area contributed by atoms with Gasteiger partial charge in [-0.1, -0.05) is 26.7 Å². The zero-order valence-electron chi connectivity index (χ0n) is 12.5. The summed E-state index contributed by atoms with van der Waals surface area (Å²) >= 11 is 0. The summed E-state index contributed by atoms with van der Waals surface area (Å²) in [5.41, 5.74) is 0. The van der Waals surface area contributed by atoms with E-state index >= 15 is 0 Å². The minimum absolute atomic E-state index is 0.530. The number of unbranched alkanes of at least 4 members (excludes halogenated alkanes) is 3. The molecule has 0 aliphatic rings. The van der Waals surface area contributed by atoms with E-state index in [0.29, 0.717) is 12.1 Å². The number of hydrogen-bond donors (Lipinski definition) is 1. The fourth-order valence-electron chi connectivity index (χ4n) is 1.82. The summed E-state index contributed by atoms with van der Waals surface area (Å²) in [6, 6.07) is 1.15. The Morgan fingerprint density at radius 3 is 2.29 bits per heavy atom. The maximum Gasteiger partial charge on any atom is 0.0615 e. The van der Waals surface area contributed by atoms with Crippen LogP contribution in [0.2, 0.25) is 0 Å². The molecule has 0 rings (SSSR count). The highest BCUT2D eigenvalue weighted by Gasteiger charge is 2.07. The zero-order valence-corrected chi connectivity index (χ0v) is 12.5. The summed E-state index contributed by atoms with van der Waals surface area (Å²) in [4.78, 5) is 2.38. The number of hydrogen-bond acceptors (Lipinski definition) is 3. The Balaban J connectivity index is 3.27. The van der Waals surface area contributed by atoms with Crippen LogP contribution in [0.15, 0.2) is 0 Å². The molecule has 0 amide bonds. The second-order valence-corrected chi connectivity index (χ2v) is 5.31. The van der Waals surface area contributed by atoms with Gasteiger partial charge in [0.15, 0.2) is 0 Å². The molecular weight excluding hydrogens is 212 g/mol. The molecule has 0 spiro atoms. The van der Waals surface area contributed by atoms with E-state index in [9.17, 15) is 0 Å². The van der Waals surface area contributed by atoms with Gasteiger partial charge in [0.2, 0.25) is 0 Å². The minimum Gasteiger partial charge on any atom is -0.383 e. The van der Waals surface area contributed by atoms with Crippen LogP contribution in [0.1, 0.15) is 46.5 Å². The molecule has 0 fully saturated rings. The van der Waals surface area contributed by atoms with Crippen molar-refractivity contribution in [3.8, 4) is 0 Å². The number of nitrogens with zero attached hydrogens (tertiary/aromatic N) is 1. The highest BCUT2D eigenvalue weighted by Crippen LogP contribution is 2.03. The first-order valence-corrected chi connectivity index (χ1v) is 7.00. The number of ether oxygens (including phenoxy) is 1. The average molecular weight is 244 g/mol. The van der Waals surface area contributed by atoms with Gasteiger partial charge in [-0.15, -0.1) is 0 Å². The molecule has 1 unspecified atom stereocenters. The van der Waals surface area contributed by atoms with Gasteiger partial charge in [-0.25, -0.2) is 0 Å². The topological polar surface area (TPSA) is 24.5 Å². The van der Waals surface area contributed by atoms with Crippen molar-refractivity contribution in [2.24, 2.45) is 0 Å². The summed E-state index contributed by atoms with van der Waals surface area (Å²) in [6.07, 6.45) is 5.28. The van der Waals surface area contributed by atoms with Crippen molar-refractivity contribution in [2.45, 2.75) is 58.5 Å². The van der Waals surface area contributed by atoms with Gasteiger partial charge in [-0.3, -0.25) is 0 Å². The molecule has 3 heteroatoms. The molecule has 0 aliphatic carbocycles. The lowest BCUT2D eigenvalue weighted by molar-refractivity contribution is 0.114. The maximum atomic E-state index is 5.16. The van der Waals surface area contributed by atoms with Gasteiger partial charge >= 0.3 is 0 Å². The molecule has 0 saturated carbocycles. The Kier molecular flexibility index (Phi) is 10.9. The van der Waals surface area contributed by atoms with Crippen LogP contribution in [-0.2, 0) is 4.74 Å². The molecule has 0 aromatic carbocycles. The molecule has 0 radical (unpaired) electrons. The molecule has 3 nitrogen and oxygen atoms in total. The first kappa shape index (κ1) is 16.9. The van der Waals surface area contributed by atoms with Gasteiger partial charge in [-0.05, 0) is 39.9 Å². The van der Waals surface area contributed by atoms with Crippen molar-refractivity contribution in [1.82, 2.24) is 10.2 Å². The van der Waals surface area contributed by atoms with E-state index in [1.165, 1.54) is 32.2 Å². The third-order valence-electron chi connectivity index (χ3n) is 3.15. The first-order valence-electron chi connectivity index (χ1n) is 7.00. The van der Waals surface area contributed by atoms with E-state index in [1.54, 1.807) is 7.11 Å². The van der Waals surface area contributed by atoms with Crippen molar-refractivity contribution in [3.63, 3.8) is 0 Å². The van der Waals surface area contributed by atoms with E-state index in [4.69, 9.17) is 4.74 Å². The standard InChI is InChI=1S/C14H32N2O/c1-13(2)15-10-8-6-7-9-11-16(4)14(3)12-17-5/h13-15H,6-12H2,1-5H3. The smallest absolute Gasteiger partial charge is 0.0615 e. The lowest BCUT2D eigenvalue weighted by atomic mass is 10.1. The largest absolute Gasteiger partial charge is 0.383 e. The fourth-order valence-corrected chi connectivity index (χ4v) is 1.82. The van der Waals surface area contributed by atoms with E-state index < -0.39 is 0 Å². The Labute approximate surface area is 108 Å². The summed E-state index contributed by atoms with van der Waals surface area (Å²) in [5, 5.41) is 3.45. The average Bonchev–Trinajstić information content (AvgIpc) is 2.27. The van der Waals surface area contributed by atoms with Crippen molar-refractivity contribution < 1.29 is 4.74 Å². The Bertz CT molecular complexity index is 162. The van der Waals surface area contributed by atoms with Crippen LogP contribution in [0.3, 0.4) is 0 Å². The van der Waals surface area contributed by atoms with E-state index in [2.05, 4.69) is 38.0 Å². The predicted molar refractivity (Wildman–Crippen MR) is 75.6 cm³/mol. The van der Waals surface area contributed by atoms with Crippen LogP contribution >= 0.6 is 0 Å². The van der Waals surface area contributed by atoms with Gasteiger partial charge < -0.3 is 15.0 Å². The van der Waals surface area contributed by atoms with Crippen molar-refractivity contribution >= 4 is 0 Å². The highest BCUT2D eigenvalue weighted by molar-refractivity contribution is 4.62. The third kappa shape index (κ3) is 10.7. The Morgan fingerprint density at radius 1 is 1.06 bits per heavy atom. The molecule has 0 aromatic rings. The monoisotopic (exact) mass is 244 g/mol. The van der Waals surface area contributed by atoms with Crippen LogP contribution in [0.4, 0.5) is 0 Å². The molecule has 0 saturated heterocycles. The quantitative estimate of drug-likeness (QED) is 0.565. The van der Waals surface area contributed by atoms with Crippen molar-refractivity contribution in [3.05, 3.63) is 0 Å². The van der Waals surface area contributed by atoms with Crippen LogP contribution in [0.25, 0.3) is 0 Å². The fraction of sp³-hybridized carbons (Fsp3) is 1.00. The summed E-state index contributed by atoms with van der Waals surface area (Å²) in [7, 11) is 3.95. The lowest BCUT2D eigenvalue weighted by Crippen LogP contribution is -2.33. The van der Waals surface area contributed by atoms with Gasteiger partial charge in [0.25, 0.3) is 0 Å². The van der Waals surface area contributed by atoms with E-state index in [0.717, 1.165) is 13.2 Å². The molecule has 17 heavy (non-hydrogen) atoms. The predicted octanol–water partition coefficient (Wildman–Crippen LogP) is 2.51. The second kappa shape index (κ2) is 11.0. The van der Waals surface area contributed by atoms with Gasteiger partial charge in [0.1, 0.15) is 0 Å². The van der Waals surface area contributed by atoms with Crippen LogP contribution in [0.5, 0.6) is 0 Å². The molecule has 104 valence electrons. The summed E-state index contributed by atoms with van der Waals surface area (Å²) < 4.78 is 5.16. The van der Waals surface area contributed by atoms with E-state index in [-0.39, 0.29) is 0 Å². The maximum absolute atomic E-state index is 5.16. The van der Waals surface area contributed by atoms with E-state index in [1.807, 2.05) is 0 Å². The summed E-state index contributed by atoms with van der Waals surface area (Å²) in [5.74, 6) is 0. The number of methoxy groups -OCH3 is 1. The molecule has 0 heterocycles. The number of likely N-dealkylation sites (N-methyl/N-ethyl adjacent to an activating group) is 1. The number of rotatable bonds is 11. The lowest BCUT2D eigenvalue weighted by Gasteiger charge is -2.23. The highest BCUT2D eigenvalue weighted by atomic mass is 16.5. The minimum atomic E-state index is 0.530. The normalized spacial score (nSPS) is 13.6. The van der Waals surface area contributed by atoms with Gasteiger partial charge in [0, 0.05) is 19.2 Å². The van der Waals surface area contributed by atoms with Crippen LogP contribution < -0.4 is 5.32 Å². The summed E-state index contributed by atoms with van der Waals surface area (Å²) in [6.45, 7) is 9.79.